The van der Waals surface area contributed by atoms with Crippen LogP contribution in [0.4, 0.5) is 0 Å². The summed E-state index contributed by atoms with van der Waals surface area (Å²) in [4.78, 5) is 2.31. The Morgan fingerprint density at radius 1 is 1.16 bits per heavy atom. The highest BCUT2D eigenvalue weighted by Gasteiger charge is 2.26. The lowest BCUT2D eigenvalue weighted by Crippen LogP contribution is -2.41. The number of benzene rings is 1. The number of halogens is 2. The van der Waals surface area contributed by atoms with Crippen molar-refractivity contribution in [2.45, 2.75) is 25.3 Å². The van der Waals surface area contributed by atoms with Crippen LogP contribution < -0.4 is 0 Å². The van der Waals surface area contributed by atoms with E-state index >= 15 is 0 Å². The summed E-state index contributed by atoms with van der Waals surface area (Å²) in [6.45, 7) is 1.66. The molecule has 1 aliphatic rings. The van der Waals surface area contributed by atoms with E-state index in [0.717, 1.165) is 43.5 Å². The zero-order valence-corrected chi connectivity index (χ0v) is 12.3. The summed E-state index contributed by atoms with van der Waals surface area (Å²) in [5.41, 5.74) is 1.99. The Morgan fingerprint density at radius 2 is 1.84 bits per heavy atom. The third-order valence-electron chi connectivity index (χ3n) is 3.80. The van der Waals surface area contributed by atoms with Crippen molar-refractivity contribution in [3.8, 4) is 11.5 Å². The van der Waals surface area contributed by atoms with Crippen LogP contribution in [-0.2, 0) is 12.8 Å². The normalized spacial score (nSPS) is 18.6. The first-order chi connectivity index (χ1) is 9.17. The van der Waals surface area contributed by atoms with Crippen molar-refractivity contribution in [1.29, 1.82) is 0 Å². The predicted octanol–water partition coefficient (Wildman–Crippen LogP) is 2.73. The predicted molar refractivity (Wildman–Crippen MR) is 78.6 cm³/mol. The smallest absolute Gasteiger partial charge is 0.160 e. The molecule has 0 spiro atoms. The van der Waals surface area contributed by atoms with Gasteiger partial charge in [-0.25, -0.2) is 0 Å². The highest BCUT2D eigenvalue weighted by Crippen LogP contribution is 2.36. The Bertz CT molecular complexity index is 434. The first-order valence-corrected chi connectivity index (χ1v) is 7.63. The van der Waals surface area contributed by atoms with Crippen LogP contribution in [0.5, 0.6) is 11.5 Å². The molecule has 2 N–H and O–H groups in total. The van der Waals surface area contributed by atoms with Crippen LogP contribution in [0.15, 0.2) is 12.1 Å². The second-order valence-corrected chi connectivity index (χ2v) is 5.64. The SMILES string of the molecule is Oc1ccc2c(c1O)CCC(N(CCCl)CCCl)C2. The van der Waals surface area contributed by atoms with E-state index in [4.69, 9.17) is 23.2 Å². The molecule has 0 amide bonds. The summed E-state index contributed by atoms with van der Waals surface area (Å²) in [6.07, 6.45) is 2.61. The van der Waals surface area contributed by atoms with Gasteiger partial charge in [-0.2, -0.15) is 0 Å². The van der Waals surface area contributed by atoms with Crippen molar-refractivity contribution in [2.24, 2.45) is 0 Å². The Kier molecular flexibility index (Phi) is 5.20. The molecule has 1 aromatic carbocycles. The molecular weight excluding hydrogens is 285 g/mol. The Labute approximate surface area is 123 Å². The molecule has 0 bridgehead atoms. The number of phenolic OH excluding ortho intramolecular Hbond substituents is 2. The summed E-state index contributed by atoms with van der Waals surface area (Å²) >= 11 is 11.7. The maximum atomic E-state index is 9.87. The quantitative estimate of drug-likeness (QED) is 0.649. The number of nitrogens with zero attached hydrogens (tertiary/aromatic N) is 1. The molecule has 106 valence electrons. The van der Waals surface area contributed by atoms with E-state index in [1.54, 1.807) is 6.07 Å². The summed E-state index contributed by atoms with van der Waals surface area (Å²) < 4.78 is 0. The van der Waals surface area contributed by atoms with Gasteiger partial charge in [-0.1, -0.05) is 6.07 Å². The number of phenols is 2. The third-order valence-corrected chi connectivity index (χ3v) is 4.14. The molecule has 3 nitrogen and oxygen atoms in total. The fourth-order valence-corrected chi connectivity index (χ4v) is 3.24. The molecule has 2 rings (SSSR count). The second-order valence-electron chi connectivity index (χ2n) is 4.88. The third kappa shape index (κ3) is 3.28. The number of alkyl halides is 2. The molecule has 0 saturated heterocycles. The molecule has 1 aliphatic carbocycles. The lowest BCUT2D eigenvalue weighted by atomic mass is 9.86. The molecule has 1 atom stereocenters. The van der Waals surface area contributed by atoms with Crippen LogP contribution in [0.25, 0.3) is 0 Å². The summed E-state index contributed by atoms with van der Waals surface area (Å²) in [5.74, 6) is 1.20. The number of hydrogen-bond acceptors (Lipinski definition) is 3. The van der Waals surface area contributed by atoms with Crippen molar-refractivity contribution in [1.82, 2.24) is 4.90 Å². The number of rotatable bonds is 5. The molecule has 0 radical (unpaired) electrons. The second kappa shape index (κ2) is 6.69. The number of fused-ring (bicyclic) bond motifs is 1. The summed E-state index contributed by atoms with van der Waals surface area (Å²) in [6, 6.07) is 3.87. The molecule has 0 saturated carbocycles. The van der Waals surface area contributed by atoms with E-state index < -0.39 is 0 Å². The monoisotopic (exact) mass is 303 g/mol. The lowest BCUT2D eigenvalue weighted by molar-refractivity contribution is 0.200. The van der Waals surface area contributed by atoms with E-state index in [1.165, 1.54) is 0 Å². The first-order valence-electron chi connectivity index (χ1n) is 6.56. The van der Waals surface area contributed by atoms with Crippen LogP contribution >= 0.6 is 23.2 Å². The Morgan fingerprint density at radius 3 is 2.47 bits per heavy atom. The standard InChI is InChI=1S/C14H19Cl2NO2/c15-5-7-17(8-6-16)11-2-3-12-10(9-11)1-4-13(18)14(12)19/h1,4,11,18-19H,2-3,5-9H2. The van der Waals surface area contributed by atoms with Gasteiger partial charge in [0.15, 0.2) is 11.5 Å². The minimum Gasteiger partial charge on any atom is -0.504 e. The molecular formula is C14H19Cl2NO2. The highest BCUT2D eigenvalue weighted by molar-refractivity contribution is 6.18. The van der Waals surface area contributed by atoms with E-state index in [-0.39, 0.29) is 11.5 Å². The molecule has 0 aliphatic heterocycles. The van der Waals surface area contributed by atoms with Crippen LogP contribution in [-0.4, -0.2) is 46.0 Å². The van der Waals surface area contributed by atoms with Gasteiger partial charge in [0, 0.05) is 36.5 Å². The maximum Gasteiger partial charge on any atom is 0.160 e. The summed E-state index contributed by atoms with van der Waals surface area (Å²) in [5, 5.41) is 19.4. The maximum absolute atomic E-state index is 9.87. The Hall–Kier alpha value is -0.640. The van der Waals surface area contributed by atoms with Gasteiger partial charge in [0.25, 0.3) is 0 Å². The van der Waals surface area contributed by atoms with Crippen molar-refractivity contribution in [3.63, 3.8) is 0 Å². The Balaban J connectivity index is 2.15. The van der Waals surface area contributed by atoms with Gasteiger partial charge in [-0.15, -0.1) is 23.2 Å². The fourth-order valence-electron chi connectivity index (χ4n) is 2.81. The van der Waals surface area contributed by atoms with Crippen LogP contribution in [0.2, 0.25) is 0 Å². The van der Waals surface area contributed by atoms with E-state index in [9.17, 15) is 10.2 Å². The van der Waals surface area contributed by atoms with Crippen LogP contribution in [0, 0.1) is 0 Å². The average Bonchev–Trinajstić information content (AvgIpc) is 2.42. The molecule has 1 aromatic rings. The van der Waals surface area contributed by atoms with Gasteiger partial charge >= 0.3 is 0 Å². The zero-order valence-electron chi connectivity index (χ0n) is 10.8. The first kappa shape index (κ1) is 14.8. The van der Waals surface area contributed by atoms with Gasteiger partial charge < -0.3 is 10.2 Å². The minimum absolute atomic E-state index is 0.0319. The van der Waals surface area contributed by atoms with Crippen molar-refractivity contribution in [2.75, 3.05) is 24.8 Å². The van der Waals surface area contributed by atoms with Gasteiger partial charge in [-0.3, -0.25) is 4.90 Å². The average molecular weight is 304 g/mol. The molecule has 0 heterocycles. The van der Waals surface area contributed by atoms with Gasteiger partial charge in [-0.05, 0) is 30.9 Å². The van der Waals surface area contributed by atoms with Crippen molar-refractivity contribution < 1.29 is 10.2 Å². The molecule has 5 heteroatoms. The molecule has 1 unspecified atom stereocenters. The van der Waals surface area contributed by atoms with Gasteiger partial charge in [0.1, 0.15) is 0 Å². The fraction of sp³-hybridized carbons (Fsp3) is 0.571. The van der Waals surface area contributed by atoms with Gasteiger partial charge in [0.2, 0.25) is 0 Å². The van der Waals surface area contributed by atoms with Crippen molar-refractivity contribution in [3.05, 3.63) is 23.3 Å². The molecule has 19 heavy (non-hydrogen) atoms. The minimum atomic E-state index is -0.0319. The van der Waals surface area contributed by atoms with E-state index in [2.05, 4.69) is 4.90 Å². The number of aromatic hydroxyl groups is 2. The van der Waals surface area contributed by atoms with E-state index in [1.807, 2.05) is 6.07 Å². The zero-order chi connectivity index (χ0) is 13.8. The van der Waals surface area contributed by atoms with Crippen molar-refractivity contribution >= 4 is 23.2 Å². The highest BCUT2D eigenvalue weighted by atomic mass is 35.5. The van der Waals surface area contributed by atoms with Crippen LogP contribution in [0.3, 0.4) is 0 Å². The van der Waals surface area contributed by atoms with Gasteiger partial charge in [0.05, 0.1) is 0 Å². The summed E-state index contributed by atoms with van der Waals surface area (Å²) in [7, 11) is 0. The van der Waals surface area contributed by atoms with Crippen LogP contribution in [0.1, 0.15) is 17.5 Å². The van der Waals surface area contributed by atoms with E-state index in [0.29, 0.717) is 17.8 Å². The topological polar surface area (TPSA) is 43.7 Å². The molecule has 0 aromatic heterocycles. The largest absolute Gasteiger partial charge is 0.504 e. The lowest BCUT2D eigenvalue weighted by Gasteiger charge is -2.34. The number of hydrogen-bond donors (Lipinski definition) is 2. The molecule has 0 fully saturated rings.